The van der Waals surface area contributed by atoms with Crippen LogP contribution in [-0.2, 0) is 6.54 Å². The van der Waals surface area contributed by atoms with Crippen molar-refractivity contribution in [3.63, 3.8) is 0 Å². The van der Waals surface area contributed by atoms with Crippen molar-refractivity contribution in [2.75, 3.05) is 5.73 Å². The van der Waals surface area contributed by atoms with Crippen molar-refractivity contribution in [1.29, 1.82) is 0 Å². The van der Waals surface area contributed by atoms with Gasteiger partial charge in [-0.25, -0.2) is 0 Å². The maximum Gasteiger partial charge on any atom is 0.0719 e. The van der Waals surface area contributed by atoms with Crippen LogP contribution in [0.1, 0.15) is 6.92 Å². The highest BCUT2D eigenvalue weighted by Crippen LogP contribution is 1.98. The second kappa shape index (κ2) is 2.70. The molecule has 0 fully saturated rings. The van der Waals surface area contributed by atoms with Crippen LogP contribution < -0.4 is 5.73 Å². The molecule has 0 aliphatic carbocycles. The minimum absolute atomic E-state index is 0.376. The average Bonchev–Trinajstić information content (AvgIpc) is 2.13. The first-order valence-electron chi connectivity index (χ1n) is 3.14. The smallest absolute Gasteiger partial charge is 0.0719 e. The molecule has 0 bridgehead atoms. The van der Waals surface area contributed by atoms with Gasteiger partial charge < -0.3 is 10.8 Å². The zero-order valence-electron chi connectivity index (χ0n) is 5.86. The molecule has 1 atom stereocenters. The van der Waals surface area contributed by atoms with E-state index >= 15 is 0 Å². The summed E-state index contributed by atoms with van der Waals surface area (Å²) in [7, 11) is 0. The lowest BCUT2D eigenvalue weighted by Gasteiger charge is -2.01. The van der Waals surface area contributed by atoms with E-state index in [1.165, 1.54) is 0 Å². The second-order valence-corrected chi connectivity index (χ2v) is 2.34. The Labute approximate surface area is 59.3 Å². The fourth-order valence-corrected chi connectivity index (χ4v) is 0.750. The molecule has 1 heterocycles. The van der Waals surface area contributed by atoms with Crippen molar-refractivity contribution in [2.45, 2.75) is 19.6 Å². The molecule has 1 aromatic rings. The van der Waals surface area contributed by atoms with E-state index in [2.05, 4.69) is 5.10 Å². The van der Waals surface area contributed by atoms with Gasteiger partial charge in [-0.3, -0.25) is 4.68 Å². The largest absolute Gasteiger partial charge is 0.396 e. The van der Waals surface area contributed by atoms with Crippen LogP contribution in [0.25, 0.3) is 0 Å². The topological polar surface area (TPSA) is 64.1 Å². The number of aliphatic hydroxyl groups excluding tert-OH is 1. The number of aromatic nitrogens is 2. The quantitative estimate of drug-likeness (QED) is 0.601. The van der Waals surface area contributed by atoms with Crippen LogP contribution in [0.5, 0.6) is 0 Å². The van der Waals surface area contributed by atoms with Crippen molar-refractivity contribution in [3.8, 4) is 0 Å². The first-order chi connectivity index (χ1) is 4.68. The molecule has 1 aromatic heterocycles. The van der Waals surface area contributed by atoms with Gasteiger partial charge >= 0.3 is 0 Å². The fraction of sp³-hybridized carbons (Fsp3) is 0.500. The standard InChI is InChI=1S/C6H11N3O/c1-5(10)3-9-4-6(7)2-8-9/h2,4-5,10H,3,7H2,1H3/t5-/m1/s1. The highest BCUT2D eigenvalue weighted by atomic mass is 16.3. The summed E-state index contributed by atoms with van der Waals surface area (Å²) in [5, 5.41) is 12.8. The number of nitrogens with two attached hydrogens (primary N) is 1. The summed E-state index contributed by atoms with van der Waals surface area (Å²) in [5.74, 6) is 0. The summed E-state index contributed by atoms with van der Waals surface area (Å²) in [6.07, 6.45) is 2.87. The molecule has 10 heavy (non-hydrogen) atoms. The first-order valence-corrected chi connectivity index (χ1v) is 3.14. The second-order valence-electron chi connectivity index (χ2n) is 2.34. The van der Waals surface area contributed by atoms with Crippen molar-refractivity contribution >= 4 is 5.69 Å². The molecule has 0 radical (unpaired) electrons. The zero-order chi connectivity index (χ0) is 7.56. The Morgan fingerprint density at radius 1 is 1.90 bits per heavy atom. The summed E-state index contributed by atoms with van der Waals surface area (Å²) in [4.78, 5) is 0. The molecule has 1 rings (SSSR count). The minimum atomic E-state index is -0.376. The molecule has 4 heteroatoms. The summed E-state index contributed by atoms with van der Waals surface area (Å²) in [6, 6.07) is 0. The average molecular weight is 141 g/mol. The van der Waals surface area contributed by atoms with Gasteiger partial charge in [0, 0.05) is 6.20 Å². The van der Waals surface area contributed by atoms with Crippen molar-refractivity contribution in [1.82, 2.24) is 9.78 Å². The molecule has 0 aliphatic heterocycles. The summed E-state index contributed by atoms with van der Waals surface area (Å²) < 4.78 is 1.61. The van der Waals surface area contributed by atoms with Crippen LogP contribution >= 0.6 is 0 Å². The number of hydrogen-bond acceptors (Lipinski definition) is 3. The Kier molecular flexibility index (Phi) is 1.91. The molecular formula is C6H11N3O. The van der Waals surface area contributed by atoms with E-state index < -0.39 is 0 Å². The monoisotopic (exact) mass is 141 g/mol. The lowest BCUT2D eigenvalue weighted by molar-refractivity contribution is 0.168. The molecule has 0 aromatic carbocycles. The van der Waals surface area contributed by atoms with Crippen LogP contribution in [0.15, 0.2) is 12.4 Å². The van der Waals surface area contributed by atoms with E-state index in [9.17, 15) is 0 Å². The summed E-state index contributed by atoms with van der Waals surface area (Å²) in [6.45, 7) is 2.20. The van der Waals surface area contributed by atoms with Gasteiger partial charge in [0.15, 0.2) is 0 Å². The normalized spacial score (nSPS) is 13.4. The Balaban J connectivity index is 2.58. The molecule has 0 amide bonds. The predicted octanol–water partition coefficient (Wildman–Crippen LogP) is -0.154. The Morgan fingerprint density at radius 3 is 3.00 bits per heavy atom. The highest BCUT2D eigenvalue weighted by Gasteiger charge is 1.97. The van der Waals surface area contributed by atoms with Gasteiger partial charge in [0.05, 0.1) is 24.5 Å². The van der Waals surface area contributed by atoms with E-state index in [-0.39, 0.29) is 6.10 Å². The molecule has 56 valence electrons. The zero-order valence-corrected chi connectivity index (χ0v) is 5.86. The molecule has 3 N–H and O–H groups in total. The molecule has 0 unspecified atom stereocenters. The van der Waals surface area contributed by atoms with Crippen LogP contribution in [0.2, 0.25) is 0 Å². The van der Waals surface area contributed by atoms with Gasteiger partial charge in [-0.2, -0.15) is 5.10 Å². The van der Waals surface area contributed by atoms with Gasteiger partial charge in [0.1, 0.15) is 0 Å². The third-order valence-electron chi connectivity index (χ3n) is 1.10. The van der Waals surface area contributed by atoms with E-state index in [0.29, 0.717) is 12.2 Å². The van der Waals surface area contributed by atoms with Gasteiger partial charge in [0.2, 0.25) is 0 Å². The van der Waals surface area contributed by atoms with Gasteiger partial charge in [-0.05, 0) is 6.92 Å². The highest BCUT2D eigenvalue weighted by molar-refractivity contribution is 5.30. The number of nitrogens with zero attached hydrogens (tertiary/aromatic N) is 2. The van der Waals surface area contributed by atoms with Gasteiger partial charge in [0.25, 0.3) is 0 Å². The Bertz CT molecular complexity index is 207. The Hall–Kier alpha value is -1.03. The van der Waals surface area contributed by atoms with Crippen LogP contribution in [0.4, 0.5) is 5.69 Å². The maximum absolute atomic E-state index is 8.91. The van der Waals surface area contributed by atoms with Crippen molar-refractivity contribution < 1.29 is 5.11 Å². The SMILES string of the molecule is C[C@@H](O)Cn1cc(N)cn1. The maximum atomic E-state index is 8.91. The number of anilines is 1. The minimum Gasteiger partial charge on any atom is -0.396 e. The van der Waals surface area contributed by atoms with E-state index in [0.717, 1.165) is 0 Å². The predicted molar refractivity (Wildman–Crippen MR) is 38.3 cm³/mol. The molecule has 0 saturated heterocycles. The van der Waals surface area contributed by atoms with Gasteiger partial charge in [-0.15, -0.1) is 0 Å². The lowest BCUT2D eigenvalue weighted by Crippen LogP contribution is -2.11. The Morgan fingerprint density at radius 2 is 2.60 bits per heavy atom. The number of hydrogen-bond donors (Lipinski definition) is 2. The van der Waals surface area contributed by atoms with Crippen molar-refractivity contribution in [3.05, 3.63) is 12.4 Å². The van der Waals surface area contributed by atoms with Crippen LogP contribution in [0, 0.1) is 0 Å². The van der Waals surface area contributed by atoms with Gasteiger partial charge in [-0.1, -0.05) is 0 Å². The molecular weight excluding hydrogens is 130 g/mol. The fourth-order valence-electron chi connectivity index (χ4n) is 0.750. The van der Waals surface area contributed by atoms with Crippen LogP contribution in [0.3, 0.4) is 0 Å². The summed E-state index contributed by atoms with van der Waals surface area (Å²) in [5.41, 5.74) is 6.01. The molecule has 4 nitrogen and oxygen atoms in total. The molecule has 0 spiro atoms. The van der Waals surface area contributed by atoms with Crippen LogP contribution in [-0.4, -0.2) is 21.0 Å². The van der Waals surface area contributed by atoms with E-state index in [4.69, 9.17) is 10.8 Å². The lowest BCUT2D eigenvalue weighted by atomic mass is 10.4. The third-order valence-corrected chi connectivity index (χ3v) is 1.10. The number of nitrogen functional groups attached to an aromatic ring is 1. The number of aliphatic hydroxyl groups is 1. The first kappa shape index (κ1) is 7.08. The van der Waals surface area contributed by atoms with Crippen molar-refractivity contribution in [2.24, 2.45) is 0 Å². The third kappa shape index (κ3) is 1.73. The summed E-state index contributed by atoms with van der Waals surface area (Å²) >= 11 is 0. The van der Waals surface area contributed by atoms with E-state index in [1.807, 2.05) is 0 Å². The number of rotatable bonds is 2. The van der Waals surface area contributed by atoms with E-state index in [1.54, 1.807) is 24.0 Å². The molecule has 0 saturated carbocycles. The molecule has 0 aliphatic rings.